The summed E-state index contributed by atoms with van der Waals surface area (Å²) in [5, 5.41) is 0.0237. The number of ether oxygens (including phenoxy) is 1. The van der Waals surface area contributed by atoms with Gasteiger partial charge < -0.3 is 4.74 Å². The molecule has 0 aromatic heterocycles. The topological polar surface area (TPSA) is 26.3 Å². The standard InChI is InChI=1S/C14H11ClF2O2/c1-8-12(16)5-10(6-14(8)18)19-7-9-2-3-11(15)13(17)4-9/h2-6,8H,7H2,1H3. The largest absolute Gasteiger partial charge is 0.489 e. The van der Waals surface area contributed by atoms with Crippen molar-refractivity contribution in [2.45, 2.75) is 13.5 Å². The van der Waals surface area contributed by atoms with Crippen LogP contribution in [0.3, 0.4) is 0 Å². The van der Waals surface area contributed by atoms with Crippen LogP contribution in [0.5, 0.6) is 0 Å². The van der Waals surface area contributed by atoms with Crippen molar-refractivity contribution in [1.29, 1.82) is 0 Å². The Morgan fingerprint density at radius 1 is 1.32 bits per heavy atom. The van der Waals surface area contributed by atoms with Crippen LogP contribution in [0.2, 0.25) is 5.02 Å². The molecule has 1 aliphatic carbocycles. The lowest BCUT2D eigenvalue weighted by Crippen LogP contribution is -2.14. The molecular formula is C14H11ClF2O2. The second-order valence-corrected chi connectivity index (χ2v) is 4.64. The van der Waals surface area contributed by atoms with Crippen molar-refractivity contribution in [3.05, 3.63) is 58.3 Å². The van der Waals surface area contributed by atoms with Gasteiger partial charge in [-0.05, 0) is 24.6 Å². The zero-order chi connectivity index (χ0) is 14.0. The fraction of sp³-hybridized carbons (Fsp3) is 0.214. The van der Waals surface area contributed by atoms with Crippen molar-refractivity contribution in [3.8, 4) is 0 Å². The van der Waals surface area contributed by atoms with Crippen LogP contribution in [0.15, 0.2) is 41.9 Å². The summed E-state index contributed by atoms with van der Waals surface area (Å²) in [7, 11) is 0. The van der Waals surface area contributed by atoms with Crippen molar-refractivity contribution in [2.24, 2.45) is 5.92 Å². The van der Waals surface area contributed by atoms with E-state index < -0.39 is 17.6 Å². The smallest absolute Gasteiger partial charge is 0.168 e. The first-order valence-electron chi connectivity index (χ1n) is 5.66. The minimum Gasteiger partial charge on any atom is -0.489 e. The molecule has 0 saturated carbocycles. The SMILES string of the molecule is CC1C(=O)C=C(OCc2ccc(Cl)c(F)c2)C=C1F. The molecule has 1 aliphatic rings. The summed E-state index contributed by atoms with van der Waals surface area (Å²) in [6, 6.07) is 4.24. The van der Waals surface area contributed by atoms with Gasteiger partial charge in [0.05, 0.1) is 10.9 Å². The normalized spacial score (nSPS) is 18.9. The van der Waals surface area contributed by atoms with Gasteiger partial charge in [0.2, 0.25) is 0 Å². The molecule has 2 rings (SSSR count). The highest BCUT2D eigenvalue weighted by atomic mass is 35.5. The third-order valence-electron chi connectivity index (χ3n) is 2.79. The Bertz CT molecular complexity index is 579. The second-order valence-electron chi connectivity index (χ2n) is 4.24. The highest BCUT2D eigenvalue weighted by Crippen LogP contribution is 2.23. The Morgan fingerprint density at radius 3 is 2.68 bits per heavy atom. The van der Waals surface area contributed by atoms with Crippen LogP contribution < -0.4 is 0 Å². The second kappa shape index (κ2) is 5.53. The molecule has 1 unspecified atom stereocenters. The molecular weight excluding hydrogens is 274 g/mol. The molecule has 1 atom stereocenters. The lowest BCUT2D eigenvalue weighted by atomic mass is 9.99. The maximum atomic E-state index is 13.4. The third-order valence-corrected chi connectivity index (χ3v) is 3.10. The highest BCUT2D eigenvalue weighted by Gasteiger charge is 2.22. The van der Waals surface area contributed by atoms with E-state index in [-0.39, 0.29) is 23.2 Å². The van der Waals surface area contributed by atoms with Gasteiger partial charge in [0.1, 0.15) is 24.0 Å². The van der Waals surface area contributed by atoms with Gasteiger partial charge in [-0.25, -0.2) is 8.78 Å². The Labute approximate surface area is 114 Å². The van der Waals surface area contributed by atoms with E-state index in [2.05, 4.69) is 0 Å². The predicted molar refractivity (Wildman–Crippen MR) is 67.6 cm³/mol. The maximum absolute atomic E-state index is 13.4. The Morgan fingerprint density at radius 2 is 2.05 bits per heavy atom. The molecule has 0 N–H and O–H groups in total. The predicted octanol–water partition coefficient (Wildman–Crippen LogP) is 3.95. The van der Waals surface area contributed by atoms with E-state index in [1.165, 1.54) is 31.2 Å². The molecule has 100 valence electrons. The van der Waals surface area contributed by atoms with Gasteiger partial charge in [0.15, 0.2) is 5.78 Å². The molecule has 0 bridgehead atoms. The first kappa shape index (κ1) is 13.7. The Kier molecular flexibility index (Phi) is 4.00. The van der Waals surface area contributed by atoms with Gasteiger partial charge in [-0.1, -0.05) is 17.7 Å². The van der Waals surface area contributed by atoms with E-state index in [0.29, 0.717) is 5.56 Å². The fourth-order valence-corrected chi connectivity index (χ4v) is 1.70. The minimum atomic E-state index is -0.764. The zero-order valence-corrected chi connectivity index (χ0v) is 10.9. The quantitative estimate of drug-likeness (QED) is 0.840. The summed E-state index contributed by atoms with van der Waals surface area (Å²) in [5.74, 6) is -2.06. The molecule has 19 heavy (non-hydrogen) atoms. The molecule has 0 saturated heterocycles. The molecule has 0 fully saturated rings. The minimum absolute atomic E-state index is 0.0237. The van der Waals surface area contributed by atoms with Crippen molar-refractivity contribution in [2.75, 3.05) is 0 Å². The number of allylic oxidation sites excluding steroid dienone is 3. The summed E-state index contributed by atoms with van der Waals surface area (Å²) in [5.41, 5.74) is 0.544. The van der Waals surface area contributed by atoms with Crippen molar-refractivity contribution in [1.82, 2.24) is 0 Å². The van der Waals surface area contributed by atoms with E-state index >= 15 is 0 Å². The van der Waals surface area contributed by atoms with Crippen LogP contribution >= 0.6 is 11.6 Å². The van der Waals surface area contributed by atoms with E-state index in [9.17, 15) is 13.6 Å². The molecule has 0 aliphatic heterocycles. The monoisotopic (exact) mass is 284 g/mol. The Hall–Kier alpha value is -1.68. The number of halogens is 3. The number of rotatable bonds is 3. The summed E-state index contributed by atoms with van der Waals surface area (Å²) >= 11 is 5.55. The van der Waals surface area contributed by atoms with Crippen LogP contribution in [0.25, 0.3) is 0 Å². The Balaban J connectivity index is 2.05. The number of carbonyl (C=O) groups is 1. The summed E-state index contributed by atoms with van der Waals surface area (Å²) in [6.45, 7) is 1.52. The number of hydrogen-bond acceptors (Lipinski definition) is 2. The van der Waals surface area contributed by atoms with E-state index in [0.717, 1.165) is 0 Å². The average molecular weight is 285 g/mol. The first-order chi connectivity index (χ1) is 8.97. The molecule has 2 nitrogen and oxygen atoms in total. The number of carbonyl (C=O) groups excluding carboxylic acids is 1. The van der Waals surface area contributed by atoms with E-state index in [1.807, 2.05) is 0 Å². The van der Waals surface area contributed by atoms with E-state index in [1.54, 1.807) is 6.07 Å². The molecule has 1 aromatic carbocycles. The summed E-state index contributed by atoms with van der Waals surface area (Å²) in [6.07, 6.45) is 2.40. The van der Waals surface area contributed by atoms with Gasteiger partial charge in [0, 0.05) is 12.2 Å². The van der Waals surface area contributed by atoms with E-state index in [4.69, 9.17) is 16.3 Å². The van der Waals surface area contributed by atoms with Crippen molar-refractivity contribution < 1.29 is 18.3 Å². The van der Waals surface area contributed by atoms with Crippen LogP contribution in [0, 0.1) is 11.7 Å². The molecule has 0 amide bonds. The molecule has 5 heteroatoms. The number of hydrogen-bond donors (Lipinski definition) is 0. The number of ketones is 1. The van der Waals surface area contributed by atoms with Gasteiger partial charge in [0.25, 0.3) is 0 Å². The van der Waals surface area contributed by atoms with Gasteiger partial charge in [-0.3, -0.25) is 4.79 Å². The number of benzene rings is 1. The van der Waals surface area contributed by atoms with Crippen LogP contribution in [-0.4, -0.2) is 5.78 Å². The lowest BCUT2D eigenvalue weighted by Gasteiger charge is -2.14. The molecule has 0 spiro atoms. The van der Waals surface area contributed by atoms with Crippen LogP contribution in [-0.2, 0) is 16.1 Å². The summed E-state index contributed by atoms with van der Waals surface area (Å²) < 4.78 is 31.8. The molecule has 0 radical (unpaired) electrons. The van der Waals surface area contributed by atoms with Gasteiger partial charge in [-0.2, -0.15) is 0 Å². The zero-order valence-electron chi connectivity index (χ0n) is 10.1. The lowest BCUT2D eigenvalue weighted by molar-refractivity contribution is -0.117. The molecule has 1 aromatic rings. The maximum Gasteiger partial charge on any atom is 0.168 e. The van der Waals surface area contributed by atoms with Crippen molar-refractivity contribution in [3.63, 3.8) is 0 Å². The van der Waals surface area contributed by atoms with Crippen molar-refractivity contribution >= 4 is 17.4 Å². The average Bonchev–Trinajstić information content (AvgIpc) is 2.37. The van der Waals surface area contributed by atoms with Crippen LogP contribution in [0.4, 0.5) is 8.78 Å². The molecule has 0 heterocycles. The van der Waals surface area contributed by atoms with Crippen LogP contribution in [0.1, 0.15) is 12.5 Å². The third kappa shape index (κ3) is 3.20. The van der Waals surface area contributed by atoms with Gasteiger partial charge >= 0.3 is 0 Å². The van der Waals surface area contributed by atoms with Gasteiger partial charge in [-0.15, -0.1) is 0 Å². The first-order valence-corrected chi connectivity index (χ1v) is 6.04. The summed E-state index contributed by atoms with van der Waals surface area (Å²) in [4.78, 5) is 11.4. The fourth-order valence-electron chi connectivity index (χ4n) is 1.58. The highest BCUT2D eigenvalue weighted by molar-refractivity contribution is 6.30.